The molecule has 326 valence electrons. The summed E-state index contributed by atoms with van der Waals surface area (Å²) in [5, 5.41) is 11.4. The number of carbonyl (C=O) groups excluding carboxylic acids is 6. The molecule has 3 rings (SSSR count). The molecule has 3 unspecified atom stereocenters. The Kier molecular flexibility index (Phi) is 21.4. The highest BCUT2D eigenvalue weighted by Gasteiger charge is 2.31. The number of alkyl carbamates (subject to hydrolysis) is 1. The van der Waals surface area contributed by atoms with E-state index in [1.165, 1.54) is 24.1 Å². The Bertz CT molecular complexity index is 1880. The molecule has 4 atom stereocenters. The van der Waals surface area contributed by atoms with Crippen LogP contribution in [0.3, 0.4) is 0 Å². The molecule has 4 N–H and O–H groups in total. The van der Waals surface area contributed by atoms with Crippen LogP contribution in [-0.4, -0.2) is 80.8 Å². The van der Waals surface area contributed by atoms with Gasteiger partial charge in [0.1, 0.15) is 29.9 Å². The lowest BCUT2D eigenvalue weighted by Gasteiger charge is -2.24. The Labute approximate surface area is 355 Å². The molecule has 16 heteroatoms. The zero-order valence-corrected chi connectivity index (χ0v) is 36.5. The molecule has 1 aromatic heterocycles. The Morgan fingerprint density at radius 3 is 1.85 bits per heavy atom. The summed E-state index contributed by atoms with van der Waals surface area (Å²) in [6.07, 6.45) is 2.15. The van der Waals surface area contributed by atoms with Crippen molar-refractivity contribution in [2.24, 2.45) is 0 Å². The first kappa shape index (κ1) is 50.2. The van der Waals surface area contributed by atoms with Gasteiger partial charge in [0.05, 0.1) is 36.2 Å². The van der Waals surface area contributed by atoms with Crippen molar-refractivity contribution in [3.05, 3.63) is 108 Å². The minimum absolute atomic E-state index is 0.112. The van der Waals surface area contributed by atoms with Crippen LogP contribution in [-0.2, 0) is 62.0 Å². The van der Waals surface area contributed by atoms with E-state index in [4.69, 9.17) is 14.2 Å². The maximum Gasteiger partial charge on any atom is 0.408 e. The van der Waals surface area contributed by atoms with Crippen molar-refractivity contribution in [2.75, 3.05) is 6.54 Å². The third kappa shape index (κ3) is 21.7. The monoisotopic (exact) mass is 849 g/mol. The van der Waals surface area contributed by atoms with E-state index in [0.717, 1.165) is 0 Å². The third-order valence-corrected chi connectivity index (χ3v) is 8.51. The first-order valence-corrected chi connectivity index (χ1v) is 20.8. The molecule has 15 nitrogen and oxygen atoms in total. The van der Waals surface area contributed by atoms with Crippen molar-refractivity contribution in [1.29, 1.82) is 0 Å². The number of ether oxygens (including phenoxy) is 3. The first-order chi connectivity index (χ1) is 28.3. The predicted octanol–water partition coefficient (Wildman–Crippen LogP) is 5.21. The molecule has 0 saturated carbocycles. The van der Waals surface area contributed by atoms with E-state index in [-0.39, 0.29) is 19.4 Å². The van der Waals surface area contributed by atoms with Gasteiger partial charge in [-0.15, -0.1) is 0 Å². The number of pyridine rings is 1. The van der Waals surface area contributed by atoms with Crippen LogP contribution in [0.5, 0.6) is 0 Å². The van der Waals surface area contributed by atoms with Gasteiger partial charge >= 0.3 is 18.0 Å². The summed E-state index contributed by atoms with van der Waals surface area (Å²) in [5.41, 5.74) is -0.594. The number of aromatic nitrogens is 1. The van der Waals surface area contributed by atoms with E-state index in [9.17, 15) is 33.0 Å². The fraction of sp³-hybridized carbons (Fsp3) is 0.432. The fourth-order valence-corrected chi connectivity index (χ4v) is 5.87. The largest absolute Gasteiger partial charge is 0.460 e. The minimum Gasteiger partial charge on any atom is -0.460 e. The number of nitrogens with zero attached hydrogens (tertiary/aromatic N) is 1. The van der Waals surface area contributed by atoms with Crippen molar-refractivity contribution in [3.8, 4) is 0 Å². The Balaban J connectivity index is 0.00000401. The molecule has 60 heavy (non-hydrogen) atoms. The first-order valence-electron chi connectivity index (χ1n) is 19.6. The van der Waals surface area contributed by atoms with Gasteiger partial charge in [0.15, 0.2) is 0 Å². The van der Waals surface area contributed by atoms with Gasteiger partial charge in [-0.05, 0) is 71.4 Å². The van der Waals surface area contributed by atoms with Crippen LogP contribution in [0, 0.1) is 0 Å². The second-order valence-corrected chi connectivity index (χ2v) is 16.8. The molecule has 0 aliphatic heterocycles. The number of amides is 4. The zero-order valence-electron chi connectivity index (χ0n) is 35.7. The molecule has 2 aromatic carbocycles. The van der Waals surface area contributed by atoms with E-state index < -0.39 is 88.8 Å². The smallest absolute Gasteiger partial charge is 0.408 e. The summed E-state index contributed by atoms with van der Waals surface area (Å²) in [4.78, 5) is 83.6. The van der Waals surface area contributed by atoms with E-state index in [1.807, 2.05) is 0 Å². The molecule has 0 fully saturated rings. The SMILES string of the molecule is CC(C)(C)OC(=O)CC(/C=C/S(=O)c1ccccc1)NC(=O)CNC(=O)C(Cc1ccccn1)NC(=O)[C@H](CC(=O)OC(C)(C)C)NC(=O)OCc1ccccc1.CCC. The maximum atomic E-state index is 13.7. The molecule has 4 amide bonds. The molecule has 0 bridgehead atoms. The van der Waals surface area contributed by atoms with Gasteiger partial charge in [0.25, 0.3) is 0 Å². The van der Waals surface area contributed by atoms with Gasteiger partial charge in [-0.3, -0.25) is 29.0 Å². The fourth-order valence-electron chi connectivity index (χ4n) is 4.95. The van der Waals surface area contributed by atoms with Crippen LogP contribution in [0.4, 0.5) is 4.79 Å². The molecule has 3 aromatic rings. The lowest BCUT2D eigenvalue weighted by Crippen LogP contribution is -2.56. The van der Waals surface area contributed by atoms with Gasteiger partial charge in [-0.2, -0.15) is 0 Å². The summed E-state index contributed by atoms with van der Waals surface area (Å²) >= 11 is 0. The van der Waals surface area contributed by atoms with Crippen molar-refractivity contribution < 1.29 is 47.2 Å². The number of benzene rings is 2. The number of carbonyl (C=O) groups is 6. The van der Waals surface area contributed by atoms with Crippen molar-refractivity contribution in [3.63, 3.8) is 0 Å². The van der Waals surface area contributed by atoms with Gasteiger partial charge in [0, 0.05) is 28.6 Å². The van der Waals surface area contributed by atoms with Gasteiger partial charge in [0.2, 0.25) is 17.7 Å². The number of esters is 2. The number of hydrogen-bond donors (Lipinski definition) is 4. The molecule has 1 heterocycles. The lowest BCUT2D eigenvalue weighted by molar-refractivity contribution is -0.157. The van der Waals surface area contributed by atoms with Crippen LogP contribution in [0.25, 0.3) is 0 Å². The van der Waals surface area contributed by atoms with Gasteiger partial charge < -0.3 is 35.5 Å². The average Bonchev–Trinajstić information content (AvgIpc) is 3.17. The van der Waals surface area contributed by atoms with Crippen molar-refractivity contribution >= 4 is 46.6 Å². The molecular formula is C44H59N5O10S. The van der Waals surface area contributed by atoms with Gasteiger partial charge in [-0.25, -0.2) is 9.00 Å². The molecule has 0 spiro atoms. The Hall–Kier alpha value is -5.90. The van der Waals surface area contributed by atoms with E-state index in [1.54, 1.807) is 120 Å². The molecule has 0 radical (unpaired) electrons. The van der Waals surface area contributed by atoms with Crippen LogP contribution >= 0.6 is 0 Å². The van der Waals surface area contributed by atoms with Crippen molar-refractivity contribution in [2.45, 2.75) is 122 Å². The Morgan fingerprint density at radius 2 is 1.28 bits per heavy atom. The summed E-state index contributed by atoms with van der Waals surface area (Å²) < 4.78 is 28.9. The summed E-state index contributed by atoms with van der Waals surface area (Å²) in [6, 6.07) is 18.6. The summed E-state index contributed by atoms with van der Waals surface area (Å²) in [5.74, 6) is -3.83. The topological polar surface area (TPSA) is 208 Å². The zero-order chi connectivity index (χ0) is 44.7. The second kappa shape index (κ2) is 25.6. The molecule has 0 saturated heterocycles. The van der Waals surface area contributed by atoms with E-state index >= 15 is 0 Å². The minimum atomic E-state index is -1.59. The summed E-state index contributed by atoms with van der Waals surface area (Å²) in [6.45, 7) is 13.6. The highest BCUT2D eigenvalue weighted by molar-refractivity contribution is 7.88. The highest BCUT2D eigenvalue weighted by Crippen LogP contribution is 2.13. The van der Waals surface area contributed by atoms with E-state index in [0.29, 0.717) is 16.2 Å². The standard InChI is InChI=1S/C41H51N5O10S.C3H8/c1-40(2,3)55-35(48)24-30(20-22-57(53)31-18-11-8-12-19-31)44-34(47)26-43-37(50)32(23-29-17-13-14-21-42-29)45-38(51)33(25-36(49)56-41(4,5)6)46-39(52)54-27-28-15-9-7-10-16-28;1-3-2/h7-22,30,32-33H,23-27H2,1-6H3,(H,43,50)(H,44,47)(H,45,51)(H,46,52);3H2,1-2H3/b22-20+;/t30?,32?,33-,57?;/m0./s1. The number of rotatable bonds is 18. The molecule has 0 aliphatic rings. The van der Waals surface area contributed by atoms with Crippen LogP contribution in [0.15, 0.2) is 101 Å². The lowest BCUT2D eigenvalue weighted by atomic mass is 10.1. The third-order valence-electron chi connectivity index (χ3n) is 7.37. The van der Waals surface area contributed by atoms with E-state index in [2.05, 4.69) is 40.1 Å². The number of nitrogens with one attached hydrogen (secondary N) is 4. The normalized spacial score (nSPS) is 13.2. The quantitative estimate of drug-likeness (QED) is 0.0966. The van der Waals surface area contributed by atoms with Gasteiger partial charge in [-0.1, -0.05) is 80.9 Å². The van der Waals surface area contributed by atoms with Crippen LogP contribution < -0.4 is 21.3 Å². The Morgan fingerprint density at radius 1 is 0.717 bits per heavy atom. The predicted molar refractivity (Wildman–Crippen MR) is 227 cm³/mol. The van der Waals surface area contributed by atoms with Crippen LogP contribution in [0.2, 0.25) is 0 Å². The van der Waals surface area contributed by atoms with Crippen molar-refractivity contribution in [1.82, 2.24) is 26.3 Å². The number of hydrogen-bond acceptors (Lipinski definition) is 11. The highest BCUT2D eigenvalue weighted by atomic mass is 32.2. The second-order valence-electron chi connectivity index (χ2n) is 15.5. The summed E-state index contributed by atoms with van der Waals surface area (Å²) in [7, 11) is -1.59. The average molecular weight is 850 g/mol. The molecular weight excluding hydrogens is 791 g/mol. The maximum absolute atomic E-state index is 13.7. The van der Waals surface area contributed by atoms with Crippen LogP contribution in [0.1, 0.15) is 85.9 Å². The molecule has 0 aliphatic carbocycles.